The highest BCUT2D eigenvalue weighted by Gasteiger charge is 2.37. The van der Waals surface area contributed by atoms with Crippen LogP contribution in [0.3, 0.4) is 0 Å². The Morgan fingerprint density at radius 1 is 1.50 bits per heavy atom. The van der Waals surface area contributed by atoms with E-state index in [0.717, 1.165) is 25.7 Å². The van der Waals surface area contributed by atoms with Crippen molar-refractivity contribution >= 4 is 5.78 Å². The van der Waals surface area contributed by atoms with Gasteiger partial charge in [-0.15, -0.1) is 0 Å². The van der Waals surface area contributed by atoms with Gasteiger partial charge in [-0.25, -0.2) is 0 Å². The number of rotatable bonds is 5. The minimum absolute atomic E-state index is 0.0239. The van der Waals surface area contributed by atoms with E-state index < -0.39 is 5.54 Å². The maximum Gasteiger partial charge on any atom is 0.200 e. The average Bonchev–Trinajstić information content (AvgIpc) is 2.84. The quantitative estimate of drug-likeness (QED) is 0.802. The van der Waals surface area contributed by atoms with Crippen molar-refractivity contribution in [3.05, 3.63) is 18.0 Å². The number of aromatic nitrogens is 2. The van der Waals surface area contributed by atoms with Crippen molar-refractivity contribution in [2.75, 3.05) is 13.7 Å². The molecule has 1 saturated carbocycles. The van der Waals surface area contributed by atoms with Crippen LogP contribution in [0.2, 0.25) is 0 Å². The summed E-state index contributed by atoms with van der Waals surface area (Å²) in [5, 5.41) is 4.16. The van der Waals surface area contributed by atoms with E-state index in [0.29, 0.717) is 18.8 Å². The van der Waals surface area contributed by atoms with Gasteiger partial charge in [0.2, 0.25) is 5.78 Å². The third-order valence-electron chi connectivity index (χ3n) is 3.65. The van der Waals surface area contributed by atoms with E-state index in [1.54, 1.807) is 24.1 Å². The van der Waals surface area contributed by atoms with Crippen molar-refractivity contribution in [3.8, 4) is 0 Å². The van der Waals surface area contributed by atoms with Gasteiger partial charge in [-0.3, -0.25) is 9.48 Å². The maximum atomic E-state index is 12.5. The summed E-state index contributed by atoms with van der Waals surface area (Å²) in [5.41, 5.74) is 6.19. The van der Waals surface area contributed by atoms with Crippen LogP contribution >= 0.6 is 0 Å². The molecule has 1 aromatic heterocycles. The Labute approximate surface area is 107 Å². The molecule has 1 heterocycles. The first-order valence-corrected chi connectivity index (χ1v) is 6.52. The van der Waals surface area contributed by atoms with Gasteiger partial charge in [0.05, 0.1) is 18.7 Å². The molecule has 0 aromatic carbocycles. The largest absolute Gasteiger partial charge is 0.383 e. The molecule has 0 radical (unpaired) electrons. The highest BCUT2D eigenvalue weighted by atomic mass is 16.5. The van der Waals surface area contributed by atoms with Crippen molar-refractivity contribution in [1.29, 1.82) is 0 Å². The molecule has 0 atom stereocenters. The smallest absolute Gasteiger partial charge is 0.200 e. The number of hydrogen-bond donors (Lipinski definition) is 1. The maximum absolute atomic E-state index is 12.5. The summed E-state index contributed by atoms with van der Waals surface area (Å²) in [4.78, 5) is 12.5. The van der Waals surface area contributed by atoms with Crippen molar-refractivity contribution in [2.24, 2.45) is 5.73 Å². The van der Waals surface area contributed by atoms with Gasteiger partial charge in [-0.05, 0) is 18.9 Å². The minimum Gasteiger partial charge on any atom is -0.383 e. The number of ketones is 1. The van der Waals surface area contributed by atoms with Crippen LogP contribution in [0.5, 0.6) is 0 Å². The predicted molar refractivity (Wildman–Crippen MR) is 68.4 cm³/mol. The van der Waals surface area contributed by atoms with Crippen molar-refractivity contribution < 1.29 is 9.53 Å². The van der Waals surface area contributed by atoms with E-state index in [9.17, 15) is 4.79 Å². The van der Waals surface area contributed by atoms with Crippen LogP contribution in [0, 0.1) is 0 Å². The SMILES string of the molecule is COCCn1nccc1C(=O)C1(N)CCCCC1. The molecule has 1 aromatic rings. The molecule has 0 spiro atoms. The van der Waals surface area contributed by atoms with Crippen LogP contribution < -0.4 is 5.73 Å². The number of carbonyl (C=O) groups is 1. The molecule has 0 aliphatic heterocycles. The molecule has 1 fully saturated rings. The summed E-state index contributed by atoms with van der Waals surface area (Å²) in [5.74, 6) is 0.0239. The van der Waals surface area contributed by atoms with E-state index in [1.165, 1.54) is 6.42 Å². The van der Waals surface area contributed by atoms with E-state index in [4.69, 9.17) is 10.5 Å². The summed E-state index contributed by atoms with van der Waals surface area (Å²) in [7, 11) is 1.64. The van der Waals surface area contributed by atoms with Gasteiger partial charge in [0.15, 0.2) is 0 Å². The summed E-state index contributed by atoms with van der Waals surface area (Å²) in [6.07, 6.45) is 6.45. The zero-order chi connectivity index (χ0) is 13.0. The molecule has 5 nitrogen and oxygen atoms in total. The van der Waals surface area contributed by atoms with E-state index >= 15 is 0 Å². The van der Waals surface area contributed by atoms with Crippen LogP contribution in [0.4, 0.5) is 0 Å². The molecule has 0 bridgehead atoms. The molecule has 5 heteroatoms. The second kappa shape index (κ2) is 5.63. The molecule has 1 aliphatic carbocycles. The lowest BCUT2D eigenvalue weighted by Crippen LogP contribution is -2.50. The molecule has 0 saturated heterocycles. The molecule has 2 rings (SSSR count). The second-order valence-corrected chi connectivity index (χ2v) is 4.98. The Kier molecular flexibility index (Phi) is 4.14. The fourth-order valence-electron chi connectivity index (χ4n) is 2.55. The lowest BCUT2D eigenvalue weighted by atomic mass is 9.78. The summed E-state index contributed by atoms with van der Waals surface area (Å²) >= 11 is 0. The van der Waals surface area contributed by atoms with Gasteiger partial charge in [0, 0.05) is 13.3 Å². The number of methoxy groups -OCH3 is 1. The third kappa shape index (κ3) is 2.62. The molecular weight excluding hydrogens is 230 g/mol. The van der Waals surface area contributed by atoms with Crippen molar-refractivity contribution in [2.45, 2.75) is 44.2 Å². The normalized spacial score (nSPS) is 18.8. The fraction of sp³-hybridized carbons (Fsp3) is 0.692. The Hall–Kier alpha value is -1.20. The van der Waals surface area contributed by atoms with E-state index in [-0.39, 0.29) is 5.78 Å². The lowest BCUT2D eigenvalue weighted by molar-refractivity contribution is 0.0833. The molecule has 100 valence electrons. The highest BCUT2D eigenvalue weighted by Crippen LogP contribution is 2.29. The molecular formula is C13H21N3O2. The van der Waals surface area contributed by atoms with Gasteiger partial charge >= 0.3 is 0 Å². The van der Waals surface area contributed by atoms with Crippen LogP contribution in [0.25, 0.3) is 0 Å². The number of hydrogen-bond acceptors (Lipinski definition) is 4. The first-order chi connectivity index (χ1) is 8.67. The summed E-state index contributed by atoms with van der Waals surface area (Å²) in [6, 6.07) is 1.75. The monoisotopic (exact) mass is 251 g/mol. The topological polar surface area (TPSA) is 70.1 Å². The minimum atomic E-state index is -0.691. The fourth-order valence-corrected chi connectivity index (χ4v) is 2.55. The van der Waals surface area contributed by atoms with Crippen LogP contribution in [-0.2, 0) is 11.3 Å². The highest BCUT2D eigenvalue weighted by molar-refractivity contribution is 6.01. The first-order valence-electron chi connectivity index (χ1n) is 6.52. The average molecular weight is 251 g/mol. The molecule has 2 N–H and O–H groups in total. The standard InChI is InChI=1S/C13H21N3O2/c1-18-10-9-16-11(5-8-15-16)12(17)13(14)6-3-2-4-7-13/h5,8H,2-4,6-7,9-10,14H2,1H3. The number of carbonyl (C=O) groups excluding carboxylic acids is 1. The Morgan fingerprint density at radius 2 is 2.22 bits per heavy atom. The van der Waals surface area contributed by atoms with Gasteiger partial charge in [-0.1, -0.05) is 19.3 Å². The van der Waals surface area contributed by atoms with Crippen molar-refractivity contribution in [1.82, 2.24) is 9.78 Å². The first kappa shape index (κ1) is 13.2. The van der Waals surface area contributed by atoms with E-state index in [1.807, 2.05) is 0 Å². The van der Waals surface area contributed by atoms with Gasteiger partial charge in [0.1, 0.15) is 5.69 Å². The number of nitrogens with two attached hydrogens (primary N) is 1. The van der Waals surface area contributed by atoms with Gasteiger partial charge in [0.25, 0.3) is 0 Å². The summed E-state index contributed by atoms with van der Waals surface area (Å²) in [6.45, 7) is 1.13. The lowest BCUT2D eigenvalue weighted by Gasteiger charge is -2.31. The van der Waals surface area contributed by atoms with Crippen LogP contribution in [0.1, 0.15) is 42.6 Å². The number of Topliss-reactive ketones (excluding diaryl/α,β-unsaturated/α-hetero) is 1. The summed E-state index contributed by atoms with van der Waals surface area (Å²) < 4.78 is 6.71. The van der Waals surface area contributed by atoms with Gasteiger partial charge in [-0.2, -0.15) is 5.10 Å². The Morgan fingerprint density at radius 3 is 2.89 bits per heavy atom. The zero-order valence-corrected chi connectivity index (χ0v) is 10.9. The zero-order valence-electron chi connectivity index (χ0n) is 10.9. The second-order valence-electron chi connectivity index (χ2n) is 4.98. The third-order valence-corrected chi connectivity index (χ3v) is 3.65. The Balaban J connectivity index is 2.15. The molecule has 1 aliphatic rings. The van der Waals surface area contributed by atoms with Gasteiger partial charge < -0.3 is 10.5 Å². The predicted octanol–water partition coefficient (Wildman–Crippen LogP) is 1.37. The molecule has 18 heavy (non-hydrogen) atoms. The molecule has 0 amide bonds. The molecule has 0 unspecified atom stereocenters. The van der Waals surface area contributed by atoms with Crippen molar-refractivity contribution in [3.63, 3.8) is 0 Å². The van der Waals surface area contributed by atoms with Crippen LogP contribution in [0.15, 0.2) is 12.3 Å². The van der Waals surface area contributed by atoms with Crippen LogP contribution in [-0.4, -0.2) is 34.8 Å². The Bertz CT molecular complexity index is 408. The van der Waals surface area contributed by atoms with E-state index in [2.05, 4.69) is 5.10 Å². The number of ether oxygens (including phenoxy) is 1. The number of nitrogens with zero attached hydrogens (tertiary/aromatic N) is 2.